The largest absolute Gasteiger partial charge is 0.496 e. The van der Waals surface area contributed by atoms with Gasteiger partial charge in [-0.1, -0.05) is 0 Å². The highest BCUT2D eigenvalue weighted by Crippen LogP contribution is 2.38. The Morgan fingerprint density at radius 2 is 1.95 bits per heavy atom. The number of rotatable bonds is 6. The van der Waals surface area contributed by atoms with Crippen LogP contribution in [0.5, 0.6) is 5.75 Å². The average molecular weight is 274 g/mol. The lowest BCUT2D eigenvalue weighted by Gasteiger charge is -2.37. The topological polar surface area (TPSA) is 34.1 Å². The predicted octanol–water partition coefficient (Wildman–Crippen LogP) is 3.03. The minimum absolute atomic E-state index is 0.805. The van der Waals surface area contributed by atoms with E-state index in [-0.39, 0.29) is 0 Å². The third kappa shape index (κ3) is 2.83. The Balaban J connectivity index is 1.62. The van der Waals surface area contributed by atoms with Crippen LogP contribution in [0.4, 0.5) is 0 Å². The quantitative estimate of drug-likeness (QED) is 0.866. The summed E-state index contributed by atoms with van der Waals surface area (Å²) in [6.45, 7) is 5.41. The fraction of sp³-hybridized carbons (Fsp3) is 0.706. The van der Waals surface area contributed by atoms with Crippen molar-refractivity contribution in [2.24, 2.45) is 11.8 Å². The standard InChI is InChI=1S/C17H26N2O/c1-11-9-19-16(12(2)17(11)20-3)8-13-4-5-14(13)10-18-15-6-7-15/h9,13-15,18H,4-8,10H2,1-3H3. The second kappa shape index (κ2) is 5.72. The van der Waals surface area contributed by atoms with E-state index in [1.54, 1.807) is 7.11 Å². The molecule has 2 saturated carbocycles. The smallest absolute Gasteiger partial charge is 0.128 e. The molecule has 2 aliphatic rings. The molecule has 3 nitrogen and oxygen atoms in total. The van der Waals surface area contributed by atoms with Crippen molar-refractivity contribution in [3.8, 4) is 5.75 Å². The molecule has 2 atom stereocenters. The second-order valence-electron chi connectivity index (χ2n) is 6.53. The number of hydrogen-bond acceptors (Lipinski definition) is 3. The number of hydrogen-bond donors (Lipinski definition) is 1. The van der Waals surface area contributed by atoms with Crippen molar-refractivity contribution >= 4 is 0 Å². The van der Waals surface area contributed by atoms with Gasteiger partial charge in [-0.05, 0) is 64.3 Å². The van der Waals surface area contributed by atoms with Crippen LogP contribution in [0, 0.1) is 25.7 Å². The molecule has 0 radical (unpaired) electrons. The molecule has 0 amide bonds. The summed E-state index contributed by atoms with van der Waals surface area (Å²) in [5.74, 6) is 2.67. The molecule has 1 aromatic rings. The molecular formula is C17H26N2O. The molecule has 0 aliphatic heterocycles. The van der Waals surface area contributed by atoms with Crippen LogP contribution in [-0.2, 0) is 6.42 Å². The molecule has 110 valence electrons. The van der Waals surface area contributed by atoms with Crippen molar-refractivity contribution in [1.82, 2.24) is 10.3 Å². The van der Waals surface area contributed by atoms with Gasteiger partial charge in [0.1, 0.15) is 5.75 Å². The highest BCUT2D eigenvalue weighted by atomic mass is 16.5. The molecular weight excluding hydrogens is 248 g/mol. The van der Waals surface area contributed by atoms with Crippen molar-refractivity contribution in [3.05, 3.63) is 23.0 Å². The zero-order chi connectivity index (χ0) is 14.1. The summed E-state index contributed by atoms with van der Waals surface area (Å²) in [5.41, 5.74) is 3.59. The molecule has 1 N–H and O–H groups in total. The van der Waals surface area contributed by atoms with E-state index in [1.807, 2.05) is 6.20 Å². The minimum Gasteiger partial charge on any atom is -0.496 e. The Labute approximate surface area is 122 Å². The van der Waals surface area contributed by atoms with Gasteiger partial charge in [0.05, 0.1) is 7.11 Å². The van der Waals surface area contributed by atoms with Gasteiger partial charge in [0, 0.05) is 29.1 Å². The third-order valence-corrected chi connectivity index (χ3v) is 5.03. The van der Waals surface area contributed by atoms with E-state index in [4.69, 9.17) is 4.74 Å². The lowest BCUT2D eigenvalue weighted by molar-refractivity contribution is 0.169. The van der Waals surface area contributed by atoms with Crippen LogP contribution in [0.15, 0.2) is 6.20 Å². The number of nitrogens with one attached hydrogen (secondary N) is 1. The van der Waals surface area contributed by atoms with Gasteiger partial charge < -0.3 is 10.1 Å². The van der Waals surface area contributed by atoms with E-state index >= 15 is 0 Å². The summed E-state index contributed by atoms with van der Waals surface area (Å²) in [6.07, 6.45) is 8.57. The SMILES string of the molecule is COc1c(C)cnc(CC2CCC2CNC2CC2)c1C. The van der Waals surface area contributed by atoms with Gasteiger partial charge in [-0.25, -0.2) is 0 Å². The number of aryl methyl sites for hydroxylation is 1. The average Bonchev–Trinajstić information content (AvgIpc) is 3.21. The molecule has 0 aromatic carbocycles. The maximum absolute atomic E-state index is 5.51. The van der Waals surface area contributed by atoms with Crippen molar-refractivity contribution < 1.29 is 4.74 Å². The molecule has 2 aliphatic carbocycles. The van der Waals surface area contributed by atoms with E-state index < -0.39 is 0 Å². The van der Waals surface area contributed by atoms with Crippen molar-refractivity contribution in [3.63, 3.8) is 0 Å². The maximum atomic E-state index is 5.51. The molecule has 2 fully saturated rings. The van der Waals surface area contributed by atoms with Crippen LogP contribution in [0.1, 0.15) is 42.5 Å². The maximum Gasteiger partial charge on any atom is 0.128 e. The predicted molar refractivity (Wildman–Crippen MR) is 81.2 cm³/mol. The van der Waals surface area contributed by atoms with E-state index in [0.29, 0.717) is 0 Å². The van der Waals surface area contributed by atoms with Crippen LogP contribution in [-0.4, -0.2) is 24.7 Å². The summed E-state index contributed by atoms with van der Waals surface area (Å²) in [6, 6.07) is 0.829. The summed E-state index contributed by atoms with van der Waals surface area (Å²) in [7, 11) is 1.75. The van der Waals surface area contributed by atoms with Crippen LogP contribution >= 0.6 is 0 Å². The van der Waals surface area contributed by atoms with E-state index in [2.05, 4.69) is 24.1 Å². The fourth-order valence-electron chi connectivity index (χ4n) is 3.31. The van der Waals surface area contributed by atoms with Crippen LogP contribution in [0.3, 0.4) is 0 Å². The van der Waals surface area contributed by atoms with E-state index in [0.717, 1.165) is 35.6 Å². The Bertz CT molecular complexity index is 482. The molecule has 3 heteroatoms. The van der Waals surface area contributed by atoms with Crippen LogP contribution in [0.25, 0.3) is 0 Å². The number of ether oxygens (including phenoxy) is 1. The molecule has 2 unspecified atom stereocenters. The van der Waals surface area contributed by atoms with Gasteiger partial charge >= 0.3 is 0 Å². The summed E-state index contributed by atoms with van der Waals surface area (Å²) in [5, 5.41) is 3.68. The fourth-order valence-corrected chi connectivity index (χ4v) is 3.31. The first-order valence-electron chi connectivity index (χ1n) is 7.91. The molecule has 20 heavy (non-hydrogen) atoms. The number of aromatic nitrogens is 1. The Morgan fingerprint density at radius 3 is 2.55 bits per heavy atom. The van der Waals surface area contributed by atoms with Crippen molar-refractivity contribution in [1.29, 1.82) is 0 Å². The number of methoxy groups -OCH3 is 1. The number of pyridine rings is 1. The zero-order valence-electron chi connectivity index (χ0n) is 12.9. The van der Waals surface area contributed by atoms with Crippen LogP contribution in [0.2, 0.25) is 0 Å². The van der Waals surface area contributed by atoms with E-state index in [1.165, 1.54) is 43.5 Å². The summed E-state index contributed by atoms with van der Waals surface area (Å²) < 4.78 is 5.51. The highest BCUT2D eigenvalue weighted by Gasteiger charge is 2.33. The van der Waals surface area contributed by atoms with Crippen molar-refractivity contribution in [2.75, 3.05) is 13.7 Å². The first-order chi connectivity index (χ1) is 9.69. The van der Waals surface area contributed by atoms with Crippen LogP contribution < -0.4 is 10.1 Å². The zero-order valence-corrected chi connectivity index (χ0v) is 12.9. The second-order valence-corrected chi connectivity index (χ2v) is 6.53. The summed E-state index contributed by atoms with van der Waals surface area (Å²) in [4.78, 5) is 4.65. The Kier molecular flexibility index (Phi) is 3.97. The summed E-state index contributed by atoms with van der Waals surface area (Å²) >= 11 is 0. The van der Waals surface area contributed by atoms with Crippen molar-refractivity contribution in [2.45, 2.75) is 52.0 Å². The molecule has 0 saturated heterocycles. The lowest BCUT2D eigenvalue weighted by atomic mass is 9.71. The third-order valence-electron chi connectivity index (χ3n) is 5.03. The molecule has 1 heterocycles. The normalized spacial score (nSPS) is 25.4. The molecule has 0 spiro atoms. The van der Waals surface area contributed by atoms with Gasteiger partial charge in [-0.3, -0.25) is 4.98 Å². The Hall–Kier alpha value is -1.09. The van der Waals surface area contributed by atoms with Gasteiger partial charge in [0.15, 0.2) is 0 Å². The van der Waals surface area contributed by atoms with E-state index in [9.17, 15) is 0 Å². The Morgan fingerprint density at radius 1 is 1.20 bits per heavy atom. The molecule has 1 aromatic heterocycles. The van der Waals surface area contributed by atoms with Gasteiger partial charge in [-0.2, -0.15) is 0 Å². The van der Waals surface area contributed by atoms with Gasteiger partial charge in [-0.15, -0.1) is 0 Å². The lowest BCUT2D eigenvalue weighted by Crippen LogP contribution is -2.37. The number of nitrogens with zero attached hydrogens (tertiary/aromatic N) is 1. The first-order valence-corrected chi connectivity index (χ1v) is 7.91. The minimum atomic E-state index is 0.805. The first kappa shape index (κ1) is 13.9. The van der Waals surface area contributed by atoms with Gasteiger partial charge in [0.25, 0.3) is 0 Å². The van der Waals surface area contributed by atoms with Gasteiger partial charge in [0.2, 0.25) is 0 Å². The highest BCUT2D eigenvalue weighted by molar-refractivity contribution is 5.41. The molecule has 0 bridgehead atoms. The molecule has 3 rings (SSSR count). The monoisotopic (exact) mass is 274 g/mol.